The Morgan fingerprint density at radius 1 is 1.06 bits per heavy atom. The molecule has 0 aliphatic rings. The van der Waals surface area contributed by atoms with E-state index >= 15 is 0 Å². The number of thiazole rings is 1. The third-order valence-electron chi connectivity index (χ3n) is 5.57. The number of carbonyl (C=O) groups excluding carboxylic acids is 1. The summed E-state index contributed by atoms with van der Waals surface area (Å²) >= 11 is 1.06. The van der Waals surface area contributed by atoms with Crippen LogP contribution in [0.4, 0.5) is 8.78 Å². The van der Waals surface area contributed by atoms with Crippen molar-refractivity contribution >= 4 is 38.4 Å². The van der Waals surface area contributed by atoms with Gasteiger partial charge in [-0.05, 0) is 25.1 Å². The van der Waals surface area contributed by atoms with Crippen LogP contribution in [0.5, 0.6) is 0 Å². The number of benzene rings is 3. The molecule has 0 bridgehead atoms. The van der Waals surface area contributed by atoms with Crippen LogP contribution in [0.3, 0.4) is 0 Å². The molecule has 0 unspecified atom stereocenters. The van der Waals surface area contributed by atoms with Gasteiger partial charge in [-0.2, -0.15) is 4.99 Å². The van der Waals surface area contributed by atoms with Crippen molar-refractivity contribution in [2.75, 3.05) is 13.2 Å². The third-order valence-corrected chi connectivity index (χ3v) is 6.60. The number of para-hydroxylation sites is 1. The summed E-state index contributed by atoms with van der Waals surface area (Å²) < 4.78 is 36.0. The minimum atomic E-state index is -0.706. The average molecular weight is 490 g/mol. The van der Waals surface area contributed by atoms with E-state index in [9.17, 15) is 13.6 Å². The number of nitrogens with zero attached hydrogens (tertiary/aromatic N) is 3. The fourth-order valence-electron chi connectivity index (χ4n) is 3.98. The Bertz CT molecular complexity index is 1610. The van der Waals surface area contributed by atoms with Gasteiger partial charge in [0.1, 0.15) is 5.82 Å². The highest BCUT2D eigenvalue weighted by molar-refractivity contribution is 7.16. The van der Waals surface area contributed by atoms with Crippen molar-refractivity contribution in [3.8, 4) is 11.3 Å². The zero-order chi connectivity index (χ0) is 24.4. The molecule has 3 aromatic carbocycles. The number of hydrogen-bond donors (Lipinski definition) is 0. The Labute approximate surface area is 204 Å². The van der Waals surface area contributed by atoms with Crippen LogP contribution in [0, 0.1) is 11.6 Å². The number of carbonyl (C=O) groups is 1. The fourth-order valence-corrected chi connectivity index (χ4v) is 5.07. The van der Waals surface area contributed by atoms with E-state index in [1.54, 1.807) is 10.6 Å². The zero-order valence-corrected chi connectivity index (χ0v) is 19.7. The first-order valence-electron chi connectivity index (χ1n) is 11.2. The summed E-state index contributed by atoms with van der Waals surface area (Å²) in [6.07, 6.45) is 0. The fraction of sp³-hybridized carbons (Fsp3) is 0.148. The van der Waals surface area contributed by atoms with E-state index in [0.717, 1.165) is 23.0 Å². The van der Waals surface area contributed by atoms with Crippen LogP contribution in [0.25, 0.3) is 32.4 Å². The van der Waals surface area contributed by atoms with Crippen molar-refractivity contribution in [3.63, 3.8) is 0 Å². The Morgan fingerprint density at radius 3 is 2.63 bits per heavy atom. The molecule has 2 heterocycles. The van der Waals surface area contributed by atoms with Crippen LogP contribution >= 0.6 is 11.3 Å². The lowest BCUT2D eigenvalue weighted by molar-refractivity contribution is 0.0998. The molecule has 0 spiro atoms. The molecular formula is C27H21F2N3O2S. The molecule has 5 nitrogen and oxygen atoms in total. The molecule has 0 saturated heterocycles. The van der Waals surface area contributed by atoms with Crippen LogP contribution in [0.1, 0.15) is 17.3 Å². The lowest BCUT2D eigenvalue weighted by Crippen LogP contribution is -2.20. The number of halogens is 2. The van der Waals surface area contributed by atoms with E-state index < -0.39 is 17.5 Å². The number of pyridine rings is 1. The van der Waals surface area contributed by atoms with E-state index in [1.165, 1.54) is 6.07 Å². The maximum atomic E-state index is 14.7. The SMILES string of the molecule is CCOCCn1c(=NC(=O)c2cc(-c3ccccc3)nc3ccccc23)sc2cc(F)cc(F)c21. The summed E-state index contributed by atoms with van der Waals surface area (Å²) in [7, 11) is 0. The summed E-state index contributed by atoms with van der Waals surface area (Å²) in [5.41, 5.74) is 2.78. The third kappa shape index (κ3) is 4.62. The van der Waals surface area contributed by atoms with Crippen LogP contribution in [0.15, 0.2) is 77.8 Å². The van der Waals surface area contributed by atoms with Crippen molar-refractivity contribution in [3.05, 3.63) is 94.8 Å². The average Bonchev–Trinajstić information content (AvgIpc) is 3.20. The van der Waals surface area contributed by atoms with E-state index in [4.69, 9.17) is 9.72 Å². The summed E-state index contributed by atoms with van der Waals surface area (Å²) in [6, 6.07) is 20.7. The van der Waals surface area contributed by atoms with Crippen molar-refractivity contribution in [1.29, 1.82) is 0 Å². The van der Waals surface area contributed by atoms with E-state index in [-0.39, 0.29) is 16.9 Å². The molecule has 176 valence electrons. The van der Waals surface area contributed by atoms with Gasteiger partial charge in [-0.1, -0.05) is 59.9 Å². The van der Waals surface area contributed by atoms with Crippen LogP contribution < -0.4 is 4.80 Å². The van der Waals surface area contributed by atoms with Gasteiger partial charge >= 0.3 is 0 Å². The van der Waals surface area contributed by atoms with E-state index in [0.29, 0.717) is 40.1 Å². The number of rotatable bonds is 6. The molecule has 8 heteroatoms. The predicted molar refractivity (Wildman–Crippen MR) is 133 cm³/mol. The van der Waals surface area contributed by atoms with E-state index in [1.807, 2.05) is 61.5 Å². The molecular weight excluding hydrogens is 468 g/mol. The topological polar surface area (TPSA) is 56.5 Å². The molecule has 0 atom stereocenters. The molecule has 35 heavy (non-hydrogen) atoms. The second-order valence-electron chi connectivity index (χ2n) is 7.82. The van der Waals surface area contributed by atoms with Crippen molar-refractivity contribution in [1.82, 2.24) is 9.55 Å². The highest BCUT2D eigenvalue weighted by Gasteiger charge is 2.17. The number of aromatic nitrogens is 2. The Balaban J connectivity index is 1.69. The number of ether oxygens (including phenoxy) is 1. The lowest BCUT2D eigenvalue weighted by Gasteiger charge is -2.08. The first-order valence-corrected chi connectivity index (χ1v) is 12.0. The predicted octanol–water partition coefficient (Wildman–Crippen LogP) is 5.97. The molecule has 2 aromatic heterocycles. The summed E-state index contributed by atoms with van der Waals surface area (Å²) in [5, 5.41) is 0.667. The molecule has 5 aromatic rings. The van der Waals surface area contributed by atoms with Crippen molar-refractivity contribution in [2.45, 2.75) is 13.5 Å². The lowest BCUT2D eigenvalue weighted by atomic mass is 10.0. The Hall–Kier alpha value is -3.75. The summed E-state index contributed by atoms with van der Waals surface area (Å²) in [4.78, 5) is 22.9. The second-order valence-corrected chi connectivity index (χ2v) is 8.83. The molecule has 0 aliphatic carbocycles. The first-order chi connectivity index (χ1) is 17.0. The maximum Gasteiger partial charge on any atom is 0.280 e. The van der Waals surface area contributed by atoms with Crippen LogP contribution in [-0.2, 0) is 11.3 Å². The van der Waals surface area contributed by atoms with Gasteiger partial charge in [-0.15, -0.1) is 0 Å². The highest BCUT2D eigenvalue weighted by atomic mass is 32.1. The number of amides is 1. The molecule has 0 fully saturated rings. The second kappa shape index (κ2) is 9.85. The van der Waals surface area contributed by atoms with Gasteiger partial charge in [0.15, 0.2) is 10.6 Å². The van der Waals surface area contributed by atoms with Crippen LogP contribution in [-0.4, -0.2) is 28.7 Å². The minimum absolute atomic E-state index is 0.201. The molecule has 1 amide bonds. The van der Waals surface area contributed by atoms with Crippen molar-refractivity contribution < 1.29 is 18.3 Å². The first kappa shape index (κ1) is 23.0. The molecule has 0 N–H and O–H groups in total. The number of fused-ring (bicyclic) bond motifs is 2. The van der Waals surface area contributed by atoms with E-state index in [2.05, 4.69) is 4.99 Å². The summed E-state index contributed by atoms with van der Waals surface area (Å²) in [6.45, 7) is 2.93. The van der Waals surface area contributed by atoms with Gasteiger partial charge in [-0.3, -0.25) is 4.79 Å². The van der Waals surface area contributed by atoms with Crippen LogP contribution in [0.2, 0.25) is 0 Å². The van der Waals surface area contributed by atoms with Crippen molar-refractivity contribution in [2.24, 2.45) is 4.99 Å². The zero-order valence-electron chi connectivity index (χ0n) is 18.9. The Kier molecular flexibility index (Phi) is 6.48. The number of hydrogen-bond acceptors (Lipinski definition) is 4. The van der Waals surface area contributed by atoms with Gasteiger partial charge in [0.2, 0.25) is 0 Å². The summed E-state index contributed by atoms with van der Waals surface area (Å²) in [5.74, 6) is -1.88. The highest BCUT2D eigenvalue weighted by Crippen LogP contribution is 2.26. The normalized spacial score (nSPS) is 12.0. The van der Waals surface area contributed by atoms with Gasteiger partial charge in [0, 0.05) is 30.2 Å². The smallest absolute Gasteiger partial charge is 0.280 e. The van der Waals surface area contributed by atoms with Gasteiger partial charge in [0.25, 0.3) is 5.91 Å². The minimum Gasteiger partial charge on any atom is -0.380 e. The maximum absolute atomic E-state index is 14.7. The van der Waals surface area contributed by atoms with Gasteiger partial charge < -0.3 is 9.30 Å². The Morgan fingerprint density at radius 2 is 1.83 bits per heavy atom. The molecule has 0 radical (unpaired) electrons. The standard InChI is InChI=1S/C27H21F2N3O2S/c1-2-34-13-12-32-25-21(29)14-18(28)15-24(25)35-27(32)31-26(33)20-16-23(17-8-4-3-5-9-17)30-22-11-7-6-10-19(20)22/h3-11,14-16H,2,12-13H2,1H3. The molecule has 0 saturated carbocycles. The molecule has 5 rings (SSSR count). The van der Waals surface area contributed by atoms with Gasteiger partial charge in [0.05, 0.1) is 33.6 Å². The van der Waals surface area contributed by atoms with Gasteiger partial charge in [-0.25, -0.2) is 13.8 Å². The monoisotopic (exact) mass is 489 g/mol. The molecule has 0 aliphatic heterocycles. The largest absolute Gasteiger partial charge is 0.380 e. The quantitative estimate of drug-likeness (QED) is 0.276.